The van der Waals surface area contributed by atoms with Gasteiger partial charge in [0.15, 0.2) is 5.84 Å². The molecule has 63 heavy (non-hydrogen) atoms. The fourth-order valence-electron chi connectivity index (χ4n) is 9.38. The van der Waals surface area contributed by atoms with E-state index in [2.05, 4.69) is 145 Å². The molecule has 6 heteroatoms. The lowest BCUT2D eigenvalue weighted by Crippen LogP contribution is -2.33. The molecule has 0 amide bonds. The molecule has 0 fully saturated rings. The first kappa shape index (κ1) is 35.3. The summed E-state index contributed by atoms with van der Waals surface area (Å²) in [6.45, 7) is 0. The van der Waals surface area contributed by atoms with E-state index < -0.39 is 6.17 Å². The van der Waals surface area contributed by atoms with Gasteiger partial charge in [0.25, 0.3) is 0 Å². The first-order valence-corrected chi connectivity index (χ1v) is 21.2. The van der Waals surface area contributed by atoms with Gasteiger partial charge in [-0.3, -0.25) is 0 Å². The summed E-state index contributed by atoms with van der Waals surface area (Å²) in [4.78, 5) is 10.7. The van der Waals surface area contributed by atoms with Gasteiger partial charge in [-0.2, -0.15) is 0 Å². The smallest absolute Gasteiger partial charge is 0.160 e. The van der Waals surface area contributed by atoms with Crippen molar-refractivity contribution < 1.29 is 13.3 Å². The monoisotopic (exact) mass is 809 g/mol. The van der Waals surface area contributed by atoms with Crippen molar-refractivity contribution in [2.75, 3.05) is 0 Å². The molecule has 1 unspecified atom stereocenters. The number of aliphatic imine (C=N–C) groups is 2. The zero-order valence-electron chi connectivity index (χ0n) is 33.7. The van der Waals surface area contributed by atoms with Gasteiger partial charge in [-0.1, -0.05) is 170 Å². The number of nitrogens with one attached hydrogen (secondary N) is 1. The predicted molar refractivity (Wildman–Crippen MR) is 256 cm³/mol. The topological polar surface area (TPSA) is 76.2 Å². The Kier molecular flexibility index (Phi) is 7.87. The highest BCUT2D eigenvalue weighted by Crippen LogP contribution is 2.46. The van der Waals surface area contributed by atoms with Crippen LogP contribution < -0.4 is 5.32 Å². The summed E-state index contributed by atoms with van der Waals surface area (Å²) in [5.41, 5.74) is 13.8. The molecule has 0 saturated carbocycles. The van der Waals surface area contributed by atoms with E-state index in [0.717, 1.165) is 116 Å². The Hall–Kier alpha value is -8.48. The molecule has 0 aliphatic carbocycles. The maximum absolute atomic E-state index is 7.01. The van der Waals surface area contributed by atoms with E-state index in [1.165, 1.54) is 5.56 Å². The van der Waals surface area contributed by atoms with Crippen molar-refractivity contribution in [1.82, 2.24) is 5.32 Å². The van der Waals surface area contributed by atoms with Crippen molar-refractivity contribution in [2.45, 2.75) is 6.17 Å². The van der Waals surface area contributed by atoms with Gasteiger partial charge in [0.05, 0.1) is 0 Å². The van der Waals surface area contributed by atoms with Crippen LogP contribution in [-0.2, 0) is 0 Å². The number of hydrogen-bond donors (Lipinski definition) is 1. The van der Waals surface area contributed by atoms with Crippen LogP contribution in [0.15, 0.2) is 223 Å². The number of benzene rings is 9. The molecule has 1 N–H and O–H groups in total. The van der Waals surface area contributed by atoms with Crippen LogP contribution in [0.5, 0.6) is 0 Å². The second-order valence-electron chi connectivity index (χ2n) is 16.1. The van der Waals surface area contributed by atoms with Gasteiger partial charge in [-0.25, -0.2) is 9.98 Å². The zero-order chi connectivity index (χ0) is 41.4. The molecule has 13 rings (SSSR count). The second kappa shape index (κ2) is 14.0. The molecule has 4 heterocycles. The first-order valence-electron chi connectivity index (χ1n) is 21.2. The highest BCUT2D eigenvalue weighted by molar-refractivity contribution is 6.24. The lowest BCUT2D eigenvalue weighted by atomic mass is 9.93. The maximum atomic E-state index is 7.01. The Balaban J connectivity index is 1.06. The van der Waals surface area contributed by atoms with E-state index in [9.17, 15) is 0 Å². The number of fused-ring (bicyclic) bond motifs is 9. The Morgan fingerprint density at radius 1 is 0.365 bits per heavy atom. The number of para-hydroxylation sites is 4. The molecular weight excluding hydrogens is 775 g/mol. The molecule has 0 spiro atoms. The predicted octanol–water partition coefficient (Wildman–Crippen LogP) is 14.9. The highest BCUT2D eigenvalue weighted by Gasteiger charge is 2.26. The van der Waals surface area contributed by atoms with Crippen LogP contribution in [0, 0.1) is 0 Å². The quantitative estimate of drug-likeness (QED) is 0.181. The molecule has 1 aliphatic heterocycles. The maximum Gasteiger partial charge on any atom is 0.160 e. The van der Waals surface area contributed by atoms with Crippen molar-refractivity contribution in [3.8, 4) is 33.4 Å². The third-order valence-corrected chi connectivity index (χ3v) is 12.4. The summed E-state index contributed by atoms with van der Waals surface area (Å²) in [5, 5.41) is 9.80. The number of nitrogens with zero attached hydrogens (tertiary/aromatic N) is 2. The van der Waals surface area contributed by atoms with E-state index in [-0.39, 0.29) is 0 Å². The minimum atomic E-state index is -0.395. The van der Waals surface area contributed by atoms with Gasteiger partial charge >= 0.3 is 0 Å². The fraction of sp³-hybridized carbons (Fsp3) is 0.0175. The average Bonchev–Trinajstić information content (AvgIpc) is 4.06. The lowest BCUT2D eigenvalue weighted by molar-refractivity contribution is 0.665. The van der Waals surface area contributed by atoms with Gasteiger partial charge < -0.3 is 18.6 Å². The summed E-state index contributed by atoms with van der Waals surface area (Å²) < 4.78 is 20.3. The summed E-state index contributed by atoms with van der Waals surface area (Å²) in [7, 11) is 0. The summed E-state index contributed by atoms with van der Waals surface area (Å²) in [6.07, 6.45) is -0.395. The van der Waals surface area contributed by atoms with E-state index in [1.807, 2.05) is 60.7 Å². The summed E-state index contributed by atoms with van der Waals surface area (Å²) in [5.74, 6) is 1.36. The van der Waals surface area contributed by atoms with Crippen molar-refractivity contribution in [3.63, 3.8) is 0 Å². The van der Waals surface area contributed by atoms with E-state index in [0.29, 0.717) is 5.84 Å². The minimum Gasteiger partial charge on any atom is -0.455 e. The molecule has 0 saturated heterocycles. The average molecular weight is 810 g/mol. The van der Waals surface area contributed by atoms with E-state index >= 15 is 0 Å². The lowest BCUT2D eigenvalue weighted by Gasteiger charge is -2.24. The largest absolute Gasteiger partial charge is 0.455 e. The van der Waals surface area contributed by atoms with Crippen LogP contribution in [0.3, 0.4) is 0 Å². The zero-order valence-corrected chi connectivity index (χ0v) is 33.7. The Labute approximate surface area is 361 Å². The molecule has 296 valence electrons. The Morgan fingerprint density at radius 2 is 0.889 bits per heavy atom. The molecule has 1 aliphatic rings. The number of amidine groups is 2. The van der Waals surface area contributed by atoms with Gasteiger partial charge in [0.1, 0.15) is 45.5 Å². The van der Waals surface area contributed by atoms with Crippen molar-refractivity contribution in [3.05, 3.63) is 217 Å². The van der Waals surface area contributed by atoms with Gasteiger partial charge in [0, 0.05) is 60.1 Å². The van der Waals surface area contributed by atoms with Crippen LogP contribution in [0.2, 0.25) is 0 Å². The molecular formula is C57H35N3O3. The Bertz CT molecular complexity index is 3820. The van der Waals surface area contributed by atoms with Crippen LogP contribution in [0.1, 0.15) is 22.9 Å². The number of rotatable bonds is 6. The SMILES string of the molecule is c1ccc(C2=NC(c3cccc4oc5c(-c6cccc7c6oc6ccccc67)cc(-c6cccc7c6oc6ccccc67)cc5c34)=NC(c3ccc(-c4ccccc4)cc3)N2)cc1. The van der Waals surface area contributed by atoms with Gasteiger partial charge in [-0.15, -0.1) is 0 Å². The molecule has 6 nitrogen and oxygen atoms in total. The van der Waals surface area contributed by atoms with E-state index in [1.54, 1.807) is 0 Å². The number of furan rings is 3. The molecule has 1 atom stereocenters. The van der Waals surface area contributed by atoms with E-state index in [4.69, 9.17) is 23.2 Å². The van der Waals surface area contributed by atoms with Gasteiger partial charge in [0.2, 0.25) is 0 Å². The highest BCUT2D eigenvalue weighted by atomic mass is 16.3. The van der Waals surface area contributed by atoms with Crippen LogP contribution in [0.4, 0.5) is 0 Å². The molecule has 0 bridgehead atoms. The minimum absolute atomic E-state index is 0.395. The summed E-state index contributed by atoms with van der Waals surface area (Å²) >= 11 is 0. The summed E-state index contributed by atoms with van der Waals surface area (Å²) in [6, 6.07) is 69.1. The van der Waals surface area contributed by atoms with Crippen molar-refractivity contribution in [2.24, 2.45) is 9.98 Å². The normalized spacial score (nSPS) is 14.2. The first-order chi connectivity index (χ1) is 31.2. The van der Waals surface area contributed by atoms with Crippen LogP contribution in [0.25, 0.3) is 99.2 Å². The third kappa shape index (κ3) is 5.73. The standard InChI is InChI=1S/C57H35N3O3/c1-3-14-34(15-4-1)35-28-30-37(31-29-35)56-58-55(36-16-5-2-6-17-36)59-57(60-56)45-24-13-27-50-51(45)47-33-38(39-20-11-21-42-40-18-7-9-25-48(40)61-52(39)42)32-46(54(47)63-50)44-23-12-22-43-41-19-8-10-26-49(41)62-53(43)44/h1-33,56H,(H,58,59,60). The van der Waals surface area contributed by atoms with Crippen molar-refractivity contribution in [1.29, 1.82) is 0 Å². The molecule has 9 aromatic carbocycles. The van der Waals surface area contributed by atoms with Crippen LogP contribution >= 0.6 is 0 Å². The van der Waals surface area contributed by atoms with Crippen LogP contribution in [-0.4, -0.2) is 11.7 Å². The molecule has 12 aromatic rings. The molecule has 0 radical (unpaired) electrons. The fourth-order valence-corrected chi connectivity index (χ4v) is 9.38. The van der Waals surface area contributed by atoms with Gasteiger partial charge in [-0.05, 0) is 52.6 Å². The second-order valence-corrected chi connectivity index (χ2v) is 16.1. The van der Waals surface area contributed by atoms with Crippen molar-refractivity contribution >= 4 is 77.5 Å². The molecule has 3 aromatic heterocycles. The third-order valence-electron chi connectivity index (χ3n) is 12.4. The number of hydrogen-bond acceptors (Lipinski definition) is 6. The Morgan fingerprint density at radius 3 is 1.60 bits per heavy atom.